The minimum Gasteiger partial charge on any atom is -0.507 e. The Balaban J connectivity index is 2.04. The largest absolute Gasteiger partial charge is 0.507 e. The van der Waals surface area contributed by atoms with Crippen LogP contribution in [0.5, 0.6) is 11.5 Å². The van der Waals surface area contributed by atoms with Gasteiger partial charge >= 0.3 is 0 Å². The summed E-state index contributed by atoms with van der Waals surface area (Å²) < 4.78 is 23.9. The maximum Gasteiger partial charge on any atom is 0.265 e. The molecule has 0 radical (unpaired) electrons. The van der Waals surface area contributed by atoms with Crippen molar-refractivity contribution < 1.29 is 18.8 Å². The van der Waals surface area contributed by atoms with Crippen LogP contribution in [0.1, 0.15) is 0 Å². The predicted molar refractivity (Wildman–Crippen MR) is 73.3 cm³/mol. The summed E-state index contributed by atoms with van der Waals surface area (Å²) in [6, 6.07) is 11.0. The zero-order valence-electron chi connectivity index (χ0n) is 11.1. The zero-order valence-corrected chi connectivity index (χ0v) is 11.1. The highest BCUT2D eigenvalue weighted by molar-refractivity contribution is 5.65. The van der Waals surface area contributed by atoms with Crippen LogP contribution < -0.4 is 4.74 Å². The Bertz CT molecular complexity index is 766. The molecule has 0 spiro atoms. The number of hydrogen-bond donors (Lipinski definition) is 1. The van der Waals surface area contributed by atoms with Gasteiger partial charge in [0, 0.05) is 5.56 Å². The van der Waals surface area contributed by atoms with Crippen molar-refractivity contribution in [3.63, 3.8) is 0 Å². The van der Waals surface area contributed by atoms with E-state index >= 15 is 0 Å². The van der Waals surface area contributed by atoms with Crippen LogP contribution >= 0.6 is 0 Å². The van der Waals surface area contributed by atoms with E-state index in [0.717, 1.165) is 0 Å². The lowest BCUT2D eigenvalue weighted by molar-refractivity contribution is 0.414. The van der Waals surface area contributed by atoms with Gasteiger partial charge in [-0.2, -0.15) is 4.98 Å². The summed E-state index contributed by atoms with van der Waals surface area (Å²) in [4.78, 5) is 4.11. The molecule has 0 aliphatic rings. The minimum absolute atomic E-state index is 0.0802. The number of methoxy groups -OCH3 is 1. The van der Waals surface area contributed by atoms with Gasteiger partial charge in [-0.25, -0.2) is 4.39 Å². The molecule has 6 heteroatoms. The SMILES string of the molecule is COc1cccc(-c2noc(-c3c(O)cccc3F)n2)c1. The van der Waals surface area contributed by atoms with Gasteiger partial charge in [0.25, 0.3) is 5.89 Å². The van der Waals surface area contributed by atoms with Crippen LogP contribution in [0.25, 0.3) is 22.8 Å². The van der Waals surface area contributed by atoms with Crippen molar-refractivity contribution in [2.75, 3.05) is 7.11 Å². The van der Waals surface area contributed by atoms with E-state index in [1.54, 1.807) is 31.4 Å². The summed E-state index contributed by atoms with van der Waals surface area (Å²) in [7, 11) is 1.55. The number of aromatic hydroxyl groups is 1. The van der Waals surface area contributed by atoms with Gasteiger partial charge in [0.2, 0.25) is 5.82 Å². The number of halogens is 1. The van der Waals surface area contributed by atoms with Gasteiger partial charge in [0.15, 0.2) is 0 Å². The maximum absolute atomic E-state index is 13.8. The molecular weight excluding hydrogens is 275 g/mol. The van der Waals surface area contributed by atoms with Crippen LogP contribution in [0.4, 0.5) is 4.39 Å². The van der Waals surface area contributed by atoms with Crippen molar-refractivity contribution in [3.05, 3.63) is 48.3 Å². The molecule has 0 saturated carbocycles. The molecule has 106 valence electrons. The second-order valence-electron chi connectivity index (χ2n) is 4.29. The average molecular weight is 286 g/mol. The van der Waals surface area contributed by atoms with Gasteiger partial charge in [-0.05, 0) is 24.3 Å². The number of nitrogens with zero attached hydrogens (tertiary/aromatic N) is 2. The minimum atomic E-state index is -0.629. The molecule has 1 N–H and O–H groups in total. The molecule has 2 aromatic carbocycles. The molecule has 1 aromatic heterocycles. The third-order valence-corrected chi connectivity index (χ3v) is 2.96. The van der Waals surface area contributed by atoms with E-state index in [4.69, 9.17) is 9.26 Å². The maximum atomic E-state index is 13.8. The number of ether oxygens (including phenoxy) is 1. The molecular formula is C15H11FN2O3. The molecule has 0 unspecified atom stereocenters. The summed E-state index contributed by atoms with van der Waals surface area (Å²) in [5, 5.41) is 13.5. The van der Waals surface area contributed by atoms with Gasteiger partial charge in [-0.3, -0.25) is 0 Å². The van der Waals surface area contributed by atoms with Gasteiger partial charge in [-0.15, -0.1) is 0 Å². The van der Waals surface area contributed by atoms with Crippen molar-refractivity contribution in [1.82, 2.24) is 10.1 Å². The van der Waals surface area contributed by atoms with Crippen LogP contribution in [0.3, 0.4) is 0 Å². The Morgan fingerprint density at radius 1 is 1.19 bits per heavy atom. The van der Waals surface area contributed by atoms with Crippen LogP contribution in [0.2, 0.25) is 0 Å². The van der Waals surface area contributed by atoms with Crippen LogP contribution in [-0.4, -0.2) is 22.4 Å². The fourth-order valence-electron chi connectivity index (χ4n) is 1.93. The summed E-state index contributed by atoms with van der Waals surface area (Å²) in [6.07, 6.45) is 0. The fraction of sp³-hybridized carbons (Fsp3) is 0.0667. The number of benzene rings is 2. The summed E-state index contributed by atoms with van der Waals surface area (Å²) in [5.41, 5.74) is 0.555. The Kier molecular flexibility index (Phi) is 3.27. The van der Waals surface area contributed by atoms with Crippen molar-refractivity contribution in [2.24, 2.45) is 0 Å². The van der Waals surface area contributed by atoms with E-state index in [9.17, 15) is 9.50 Å². The lowest BCUT2D eigenvalue weighted by Crippen LogP contribution is -1.87. The van der Waals surface area contributed by atoms with Crippen molar-refractivity contribution in [2.45, 2.75) is 0 Å². The highest BCUT2D eigenvalue weighted by Crippen LogP contribution is 2.32. The molecule has 0 atom stereocenters. The molecule has 0 bridgehead atoms. The molecule has 3 aromatic rings. The van der Waals surface area contributed by atoms with Crippen LogP contribution in [0.15, 0.2) is 47.0 Å². The van der Waals surface area contributed by atoms with Crippen LogP contribution in [0, 0.1) is 5.82 Å². The normalized spacial score (nSPS) is 10.6. The Morgan fingerprint density at radius 2 is 2.00 bits per heavy atom. The topological polar surface area (TPSA) is 68.4 Å². The first-order valence-electron chi connectivity index (χ1n) is 6.15. The smallest absolute Gasteiger partial charge is 0.265 e. The first-order valence-corrected chi connectivity index (χ1v) is 6.15. The van der Waals surface area contributed by atoms with E-state index in [2.05, 4.69) is 10.1 Å². The number of phenolic OH excluding ortho intramolecular Hbond substituents is 1. The van der Waals surface area contributed by atoms with Crippen molar-refractivity contribution in [1.29, 1.82) is 0 Å². The second kappa shape index (κ2) is 5.24. The quantitative estimate of drug-likeness (QED) is 0.800. The lowest BCUT2D eigenvalue weighted by Gasteiger charge is -2.00. The molecule has 5 nitrogen and oxygen atoms in total. The monoisotopic (exact) mass is 286 g/mol. The van der Waals surface area contributed by atoms with E-state index < -0.39 is 5.82 Å². The number of rotatable bonds is 3. The van der Waals surface area contributed by atoms with Crippen molar-refractivity contribution in [3.8, 4) is 34.3 Å². The second-order valence-corrected chi connectivity index (χ2v) is 4.29. The summed E-state index contributed by atoms with van der Waals surface area (Å²) >= 11 is 0. The number of phenols is 1. The predicted octanol–water partition coefficient (Wildman–Crippen LogP) is 3.26. The zero-order chi connectivity index (χ0) is 14.8. The molecule has 21 heavy (non-hydrogen) atoms. The van der Waals surface area contributed by atoms with E-state index in [1.165, 1.54) is 18.2 Å². The van der Waals surface area contributed by atoms with Gasteiger partial charge in [0.05, 0.1) is 7.11 Å². The fourth-order valence-corrected chi connectivity index (χ4v) is 1.93. The standard InChI is InChI=1S/C15H11FN2O3/c1-20-10-5-2-4-9(8-10)14-17-15(21-18-14)13-11(16)6-3-7-12(13)19/h2-8,19H,1H3. The molecule has 1 heterocycles. The third-order valence-electron chi connectivity index (χ3n) is 2.96. The highest BCUT2D eigenvalue weighted by Gasteiger charge is 2.18. The lowest BCUT2D eigenvalue weighted by atomic mass is 10.2. The average Bonchev–Trinajstić information content (AvgIpc) is 2.97. The van der Waals surface area contributed by atoms with E-state index in [-0.39, 0.29) is 23.0 Å². The number of hydrogen-bond acceptors (Lipinski definition) is 5. The van der Waals surface area contributed by atoms with E-state index in [0.29, 0.717) is 11.3 Å². The molecule has 0 fully saturated rings. The Morgan fingerprint density at radius 3 is 2.76 bits per heavy atom. The van der Waals surface area contributed by atoms with E-state index in [1.807, 2.05) is 0 Å². The first-order chi connectivity index (χ1) is 10.2. The summed E-state index contributed by atoms with van der Waals surface area (Å²) in [5.74, 6) is -0.0331. The molecule has 3 rings (SSSR count). The molecule has 0 aliphatic carbocycles. The van der Waals surface area contributed by atoms with Gasteiger partial charge in [-0.1, -0.05) is 23.4 Å². The van der Waals surface area contributed by atoms with Gasteiger partial charge in [0.1, 0.15) is 22.9 Å². The highest BCUT2D eigenvalue weighted by atomic mass is 19.1. The molecule has 0 aliphatic heterocycles. The number of aromatic nitrogens is 2. The first kappa shape index (κ1) is 13.1. The molecule has 0 amide bonds. The van der Waals surface area contributed by atoms with Gasteiger partial charge < -0.3 is 14.4 Å². The third kappa shape index (κ3) is 2.43. The van der Waals surface area contributed by atoms with Crippen molar-refractivity contribution >= 4 is 0 Å². The summed E-state index contributed by atoms with van der Waals surface area (Å²) in [6.45, 7) is 0. The van der Waals surface area contributed by atoms with Crippen LogP contribution in [-0.2, 0) is 0 Å². The Hall–Kier alpha value is -2.89. The Labute approximate surface area is 119 Å². The molecule has 0 saturated heterocycles.